The molecule has 7 heteroatoms. The summed E-state index contributed by atoms with van der Waals surface area (Å²) in [4.78, 5) is 40.7. The summed E-state index contributed by atoms with van der Waals surface area (Å²) in [7, 11) is 0. The van der Waals surface area contributed by atoms with Crippen molar-refractivity contribution in [3.8, 4) is 0 Å². The average molecular weight is 402 g/mol. The van der Waals surface area contributed by atoms with E-state index < -0.39 is 5.41 Å². The van der Waals surface area contributed by atoms with Crippen LogP contribution in [-0.2, 0) is 19.1 Å². The number of benzene rings is 1. The molecule has 3 amide bonds. The van der Waals surface area contributed by atoms with E-state index in [2.05, 4.69) is 24.1 Å². The van der Waals surface area contributed by atoms with Gasteiger partial charge < -0.3 is 15.0 Å². The van der Waals surface area contributed by atoms with Gasteiger partial charge in [-0.2, -0.15) is 0 Å². The van der Waals surface area contributed by atoms with Crippen LogP contribution in [0, 0.1) is 11.3 Å². The molecule has 0 saturated carbocycles. The number of likely N-dealkylation sites (tertiary alicyclic amines) is 1. The molecule has 158 valence electrons. The van der Waals surface area contributed by atoms with Gasteiger partial charge in [-0.05, 0) is 51.0 Å². The quantitative estimate of drug-likeness (QED) is 0.768. The van der Waals surface area contributed by atoms with Gasteiger partial charge >= 0.3 is 0 Å². The average Bonchev–Trinajstić information content (AvgIpc) is 2.86. The number of ether oxygens (including phenoxy) is 1. The Balaban J connectivity index is 1.60. The Morgan fingerprint density at radius 2 is 1.76 bits per heavy atom. The van der Waals surface area contributed by atoms with Crippen LogP contribution in [0.1, 0.15) is 41.0 Å². The maximum Gasteiger partial charge on any atom is 0.244 e. The molecule has 0 radical (unpaired) electrons. The summed E-state index contributed by atoms with van der Waals surface area (Å²) in [6.07, 6.45) is 0.498. The standard InChI is InChI=1S/C22H31N3O4/c1-14(2)22(5)10-20(27)25(21(22)28)13-19(26)23-17-6-8-18(9-7-17)24-11-15(3)29-16(4)12-24/h6-9,14-16H,10-13H2,1-5H3,(H,23,26). The lowest BCUT2D eigenvalue weighted by atomic mass is 9.78. The summed E-state index contributed by atoms with van der Waals surface area (Å²) in [6, 6.07) is 7.60. The minimum absolute atomic E-state index is 0.0326. The van der Waals surface area contributed by atoms with Crippen LogP contribution in [0.3, 0.4) is 0 Å². The molecule has 7 nitrogen and oxygen atoms in total. The van der Waals surface area contributed by atoms with Crippen molar-refractivity contribution in [1.29, 1.82) is 0 Å². The Hall–Kier alpha value is -2.41. The Bertz CT molecular complexity index is 782. The van der Waals surface area contributed by atoms with E-state index in [-0.39, 0.29) is 48.8 Å². The molecule has 3 atom stereocenters. The van der Waals surface area contributed by atoms with Crippen LogP contribution >= 0.6 is 0 Å². The van der Waals surface area contributed by atoms with Gasteiger partial charge in [-0.15, -0.1) is 0 Å². The molecule has 0 bridgehead atoms. The van der Waals surface area contributed by atoms with Crippen molar-refractivity contribution in [3.05, 3.63) is 24.3 Å². The van der Waals surface area contributed by atoms with Crippen LogP contribution in [0.2, 0.25) is 0 Å². The number of nitrogens with zero attached hydrogens (tertiary/aromatic N) is 2. The number of morpholine rings is 1. The van der Waals surface area contributed by atoms with Crippen molar-refractivity contribution in [1.82, 2.24) is 4.90 Å². The van der Waals surface area contributed by atoms with Crippen LogP contribution in [-0.4, -0.2) is 54.5 Å². The zero-order chi connectivity index (χ0) is 21.3. The largest absolute Gasteiger partial charge is 0.372 e. The van der Waals surface area contributed by atoms with Gasteiger partial charge in [-0.3, -0.25) is 19.3 Å². The van der Waals surface area contributed by atoms with E-state index in [1.54, 1.807) is 6.92 Å². The van der Waals surface area contributed by atoms with Gasteiger partial charge in [0.2, 0.25) is 17.7 Å². The van der Waals surface area contributed by atoms with Gasteiger partial charge in [0.05, 0.1) is 17.6 Å². The van der Waals surface area contributed by atoms with Gasteiger partial charge in [0.15, 0.2) is 0 Å². The minimum atomic E-state index is -0.731. The minimum Gasteiger partial charge on any atom is -0.372 e. The molecular weight excluding hydrogens is 370 g/mol. The van der Waals surface area contributed by atoms with E-state index in [9.17, 15) is 14.4 Å². The van der Waals surface area contributed by atoms with Crippen molar-refractivity contribution >= 4 is 29.1 Å². The summed E-state index contributed by atoms with van der Waals surface area (Å²) < 4.78 is 5.77. The van der Waals surface area contributed by atoms with E-state index >= 15 is 0 Å². The summed E-state index contributed by atoms with van der Waals surface area (Å²) >= 11 is 0. The number of hydrogen-bond donors (Lipinski definition) is 1. The van der Waals surface area contributed by atoms with E-state index in [1.165, 1.54) is 0 Å². The highest BCUT2D eigenvalue weighted by Gasteiger charge is 2.50. The molecule has 2 heterocycles. The first-order valence-electron chi connectivity index (χ1n) is 10.2. The van der Waals surface area contributed by atoms with Crippen LogP contribution in [0.5, 0.6) is 0 Å². The molecule has 29 heavy (non-hydrogen) atoms. The zero-order valence-electron chi connectivity index (χ0n) is 17.9. The molecule has 3 unspecified atom stereocenters. The van der Waals surface area contributed by atoms with Gasteiger partial charge in [0.1, 0.15) is 6.54 Å². The van der Waals surface area contributed by atoms with Crippen molar-refractivity contribution in [2.75, 3.05) is 29.9 Å². The smallest absolute Gasteiger partial charge is 0.244 e. The lowest BCUT2D eigenvalue weighted by Gasteiger charge is -2.36. The Kier molecular flexibility index (Phi) is 5.98. The van der Waals surface area contributed by atoms with Crippen molar-refractivity contribution in [2.24, 2.45) is 11.3 Å². The molecule has 2 saturated heterocycles. The van der Waals surface area contributed by atoms with E-state index in [1.807, 2.05) is 38.1 Å². The number of nitrogens with one attached hydrogen (secondary N) is 1. The Morgan fingerprint density at radius 1 is 1.17 bits per heavy atom. The molecule has 3 rings (SSSR count). The number of carbonyl (C=O) groups is 3. The van der Waals surface area contributed by atoms with E-state index in [4.69, 9.17) is 4.74 Å². The highest BCUT2D eigenvalue weighted by molar-refractivity contribution is 6.09. The normalized spacial score (nSPS) is 27.7. The van der Waals surface area contributed by atoms with Crippen LogP contribution < -0.4 is 10.2 Å². The molecule has 1 aromatic rings. The number of hydrogen-bond acceptors (Lipinski definition) is 5. The van der Waals surface area contributed by atoms with E-state index in [0.717, 1.165) is 23.7 Å². The Labute approximate surface area is 172 Å². The molecule has 2 fully saturated rings. The summed E-state index contributed by atoms with van der Waals surface area (Å²) in [6.45, 7) is 11.2. The maximum absolute atomic E-state index is 12.6. The summed E-state index contributed by atoms with van der Waals surface area (Å²) in [5, 5.41) is 2.79. The first kappa shape index (κ1) is 21.3. The molecular formula is C22H31N3O4. The molecule has 0 aliphatic carbocycles. The third kappa shape index (κ3) is 4.45. The number of imide groups is 1. The lowest BCUT2D eigenvalue weighted by Crippen LogP contribution is -2.45. The number of anilines is 2. The van der Waals surface area contributed by atoms with Crippen molar-refractivity contribution < 1.29 is 19.1 Å². The van der Waals surface area contributed by atoms with Crippen molar-refractivity contribution in [2.45, 2.75) is 53.2 Å². The van der Waals surface area contributed by atoms with Gasteiger partial charge in [0.25, 0.3) is 0 Å². The fourth-order valence-electron chi connectivity index (χ4n) is 4.01. The van der Waals surface area contributed by atoms with Crippen LogP contribution in [0.15, 0.2) is 24.3 Å². The number of amides is 3. The highest BCUT2D eigenvalue weighted by atomic mass is 16.5. The molecule has 0 spiro atoms. The second-order valence-electron chi connectivity index (χ2n) is 8.79. The fourth-order valence-corrected chi connectivity index (χ4v) is 4.01. The Morgan fingerprint density at radius 3 is 2.28 bits per heavy atom. The zero-order valence-corrected chi connectivity index (χ0v) is 17.9. The fraction of sp³-hybridized carbons (Fsp3) is 0.591. The van der Waals surface area contributed by atoms with Crippen LogP contribution in [0.4, 0.5) is 11.4 Å². The monoisotopic (exact) mass is 401 g/mol. The SMILES string of the molecule is CC1CN(c2ccc(NC(=O)CN3C(=O)CC(C)(C(C)C)C3=O)cc2)CC(C)O1. The maximum atomic E-state index is 12.6. The predicted octanol–water partition coefficient (Wildman–Crippen LogP) is 2.66. The second-order valence-corrected chi connectivity index (χ2v) is 8.79. The van der Waals surface area contributed by atoms with Gasteiger partial charge in [-0.25, -0.2) is 0 Å². The second kappa shape index (κ2) is 8.14. The number of rotatable bonds is 5. The first-order valence-corrected chi connectivity index (χ1v) is 10.2. The first-order chi connectivity index (χ1) is 13.6. The summed E-state index contributed by atoms with van der Waals surface area (Å²) in [5.74, 6) is -0.892. The topological polar surface area (TPSA) is 79.0 Å². The molecule has 2 aliphatic heterocycles. The molecule has 1 aromatic carbocycles. The van der Waals surface area contributed by atoms with E-state index in [0.29, 0.717) is 5.69 Å². The molecule has 1 N–H and O–H groups in total. The third-order valence-electron chi connectivity index (χ3n) is 6.07. The van der Waals surface area contributed by atoms with Gasteiger partial charge in [0, 0.05) is 30.9 Å². The molecule has 0 aromatic heterocycles. The number of carbonyl (C=O) groups excluding carboxylic acids is 3. The summed E-state index contributed by atoms with van der Waals surface area (Å²) in [5.41, 5.74) is 0.979. The highest BCUT2D eigenvalue weighted by Crippen LogP contribution is 2.39. The molecule has 2 aliphatic rings. The van der Waals surface area contributed by atoms with Gasteiger partial charge in [-0.1, -0.05) is 13.8 Å². The van der Waals surface area contributed by atoms with Crippen LogP contribution in [0.25, 0.3) is 0 Å². The van der Waals surface area contributed by atoms with Crippen molar-refractivity contribution in [3.63, 3.8) is 0 Å². The third-order valence-corrected chi connectivity index (χ3v) is 6.07. The lowest BCUT2D eigenvalue weighted by molar-refractivity contribution is -0.144. The predicted molar refractivity (Wildman–Crippen MR) is 112 cm³/mol.